The number of hydrogen-bond donors (Lipinski definition) is 2. The number of nitrogens with zero attached hydrogens (tertiary/aromatic N) is 1. The third-order valence-electron chi connectivity index (χ3n) is 5.95. The second-order valence-electron chi connectivity index (χ2n) is 8.94. The highest BCUT2D eigenvalue weighted by Gasteiger charge is 2.29. The molecule has 0 unspecified atom stereocenters. The van der Waals surface area contributed by atoms with Crippen LogP contribution in [0.15, 0.2) is 53.4 Å². The van der Waals surface area contributed by atoms with E-state index in [1.807, 2.05) is 13.8 Å². The lowest BCUT2D eigenvalue weighted by molar-refractivity contribution is 0.0950. The summed E-state index contributed by atoms with van der Waals surface area (Å²) in [6, 6.07) is 12.8. The zero-order chi connectivity index (χ0) is 24.0. The minimum atomic E-state index is -3.72. The molecule has 0 bridgehead atoms. The molecular formula is C25H33N3O4S. The van der Waals surface area contributed by atoms with Crippen molar-refractivity contribution in [1.29, 1.82) is 0 Å². The molecule has 2 amide bonds. The topological polar surface area (TPSA) is 95.6 Å². The van der Waals surface area contributed by atoms with Crippen molar-refractivity contribution >= 4 is 27.5 Å². The monoisotopic (exact) mass is 471 g/mol. The molecule has 0 spiro atoms. The number of carbonyl (C=O) groups excluding carboxylic acids is 2. The maximum absolute atomic E-state index is 13.2. The maximum Gasteiger partial charge on any atom is 0.255 e. The van der Waals surface area contributed by atoms with Crippen LogP contribution in [0.3, 0.4) is 0 Å². The lowest BCUT2D eigenvalue weighted by Gasteiger charge is -2.30. The van der Waals surface area contributed by atoms with Gasteiger partial charge in [-0.05, 0) is 49.1 Å². The Hall–Kier alpha value is -2.71. The van der Waals surface area contributed by atoms with Gasteiger partial charge in [0.2, 0.25) is 10.0 Å². The van der Waals surface area contributed by atoms with E-state index in [0.717, 1.165) is 32.1 Å². The zero-order valence-corrected chi connectivity index (χ0v) is 20.3. The van der Waals surface area contributed by atoms with E-state index in [9.17, 15) is 18.0 Å². The van der Waals surface area contributed by atoms with Crippen molar-refractivity contribution in [2.24, 2.45) is 5.92 Å². The number of rotatable bonds is 8. The lowest BCUT2D eigenvalue weighted by atomic mass is 9.96. The van der Waals surface area contributed by atoms with Gasteiger partial charge in [0.1, 0.15) is 0 Å². The molecular weight excluding hydrogens is 438 g/mol. The average molecular weight is 472 g/mol. The third kappa shape index (κ3) is 6.21. The number of sulfonamides is 1. The third-order valence-corrected chi connectivity index (χ3v) is 7.86. The number of hydrogen-bond acceptors (Lipinski definition) is 4. The van der Waals surface area contributed by atoms with Crippen LogP contribution in [0.2, 0.25) is 0 Å². The molecule has 1 aliphatic rings. The van der Waals surface area contributed by atoms with Crippen LogP contribution in [0, 0.1) is 5.92 Å². The number of para-hydroxylation sites is 1. The molecule has 33 heavy (non-hydrogen) atoms. The fourth-order valence-electron chi connectivity index (χ4n) is 3.98. The molecule has 1 saturated carbocycles. The van der Waals surface area contributed by atoms with Crippen LogP contribution in [-0.4, -0.2) is 44.2 Å². The standard InChI is InChI=1S/C25H33N3O4S/c1-18(2)17-26-25(30)22-14-7-8-15-23(22)27-24(29)19-10-9-13-21(16-19)33(31,32)28(3)20-11-5-4-6-12-20/h7-10,13-16,18,20H,4-6,11-12,17H2,1-3H3,(H,26,30)(H,27,29). The number of anilines is 1. The normalized spacial score (nSPS) is 14.9. The molecule has 0 atom stereocenters. The van der Waals surface area contributed by atoms with E-state index < -0.39 is 15.9 Å². The van der Waals surface area contributed by atoms with Crippen molar-refractivity contribution in [2.75, 3.05) is 18.9 Å². The fraction of sp³-hybridized carbons (Fsp3) is 0.440. The first-order valence-electron chi connectivity index (χ1n) is 11.5. The fourth-order valence-corrected chi connectivity index (χ4v) is 5.44. The SMILES string of the molecule is CC(C)CNC(=O)c1ccccc1NC(=O)c1cccc(S(=O)(=O)N(C)C2CCCCC2)c1. The molecule has 0 aromatic heterocycles. The van der Waals surface area contributed by atoms with Gasteiger partial charge in [0.15, 0.2) is 0 Å². The Morgan fingerprint density at radius 1 is 1.00 bits per heavy atom. The highest BCUT2D eigenvalue weighted by atomic mass is 32.2. The molecule has 7 nitrogen and oxygen atoms in total. The van der Waals surface area contributed by atoms with Gasteiger partial charge < -0.3 is 10.6 Å². The van der Waals surface area contributed by atoms with E-state index in [2.05, 4.69) is 10.6 Å². The first-order chi connectivity index (χ1) is 15.7. The molecule has 178 valence electrons. The Balaban J connectivity index is 1.79. The van der Waals surface area contributed by atoms with Crippen molar-refractivity contribution in [2.45, 2.75) is 56.9 Å². The first kappa shape index (κ1) is 24.9. The molecule has 2 N–H and O–H groups in total. The van der Waals surface area contributed by atoms with Crippen LogP contribution in [0.25, 0.3) is 0 Å². The van der Waals surface area contributed by atoms with E-state index in [0.29, 0.717) is 23.7 Å². The van der Waals surface area contributed by atoms with Crippen molar-refractivity contribution in [3.8, 4) is 0 Å². The molecule has 2 aromatic carbocycles. The van der Waals surface area contributed by atoms with Crippen LogP contribution in [-0.2, 0) is 10.0 Å². The van der Waals surface area contributed by atoms with Gasteiger partial charge in [-0.15, -0.1) is 0 Å². The molecule has 8 heteroatoms. The van der Waals surface area contributed by atoms with Gasteiger partial charge in [0.05, 0.1) is 16.1 Å². The number of amides is 2. The van der Waals surface area contributed by atoms with Crippen molar-refractivity contribution in [3.05, 3.63) is 59.7 Å². The number of benzene rings is 2. The van der Waals surface area contributed by atoms with Crippen LogP contribution >= 0.6 is 0 Å². The Labute approximate surface area is 196 Å². The highest BCUT2D eigenvalue weighted by molar-refractivity contribution is 7.89. The summed E-state index contributed by atoms with van der Waals surface area (Å²) in [6.07, 6.45) is 4.89. The summed E-state index contributed by atoms with van der Waals surface area (Å²) in [4.78, 5) is 25.6. The van der Waals surface area contributed by atoms with Crippen LogP contribution < -0.4 is 10.6 Å². The van der Waals surface area contributed by atoms with Gasteiger partial charge in [-0.2, -0.15) is 4.31 Å². The minimum absolute atomic E-state index is 0.0162. The molecule has 0 radical (unpaired) electrons. The van der Waals surface area contributed by atoms with Crippen molar-refractivity contribution in [1.82, 2.24) is 9.62 Å². The van der Waals surface area contributed by atoms with Crippen molar-refractivity contribution in [3.63, 3.8) is 0 Å². The van der Waals surface area contributed by atoms with Crippen LogP contribution in [0.4, 0.5) is 5.69 Å². The van der Waals surface area contributed by atoms with Gasteiger partial charge in [-0.1, -0.05) is 51.3 Å². The second-order valence-corrected chi connectivity index (χ2v) is 10.9. The highest BCUT2D eigenvalue weighted by Crippen LogP contribution is 2.27. The van der Waals surface area contributed by atoms with Gasteiger partial charge in [0.25, 0.3) is 11.8 Å². The lowest BCUT2D eigenvalue weighted by Crippen LogP contribution is -2.38. The van der Waals surface area contributed by atoms with Gasteiger partial charge in [-0.3, -0.25) is 9.59 Å². The maximum atomic E-state index is 13.2. The first-order valence-corrected chi connectivity index (χ1v) is 12.9. The van der Waals surface area contributed by atoms with Gasteiger partial charge in [-0.25, -0.2) is 8.42 Å². The summed E-state index contributed by atoms with van der Waals surface area (Å²) in [5.74, 6) is -0.450. The predicted octanol–water partition coefficient (Wildman–Crippen LogP) is 4.28. The van der Waals surface area contributed by atoms with Crippen molar-refractivity contribution < 1.29 is 18.0 Å². The molecule has 0 saturated heterocycles. The summed E-state index contributed by atoms with van der Waals surface area (Å²) >= 11 is 0. The minimum Gasteiger partial charge on any atom is -0.352 e. The Bertz CT molecular complexity index is 1090. The van der Waals surface area contributed by atoms with E-state index in [1.165, 1.54) is 16.4 Å². The quantitative estimate of drug-likeness (QED) is 0.601. The zero-order valence-electron chi connectivity index (χ0n) is 19.5. The van der Waals surface area contributed by atoms with Crippen LogP contribution in [0.1, 0.15) is 66.7 Å². The number of carbonyl (C=O) groups is 2. The van der Waals surface area contributed by atoms with E-state index in [-0.39, 0.29) is 22.4 Å². The Morgan fingerprint density at radius 3 is 2.39 bits per heavy atom. The van der Waals surface area contributed by atoms with Crippen LogP contribution in [0.5, 0.6) is 0 Å². The van der Waals surface area contributed by atoms with Gasteiger partial charge >= 0.3 is 0 Å². The largest absolute Gasteiger partial charge is 0.352 e. The Kier molecular flexibility index (Phi) is 8.26. The number of nitrogens with one attached hydrogen (secondary N) is 2. The molecule has 1 aliphatic carbocycles. The van der Waals surface area contributed by atoms with E-state index >= 15 is 0 Å². The Morgan fingerprint density at radius 2 is 1.70 bits per heavy atom. The molecule has 0 heterocycles. The average Bonchev–Trinajstić information content (AvgIpc) is 2.83. The van der Waals surface area contributed by atoms with E-state index in [1.54, 1.807) is 43.4 Å². The second kappa shape index (κ2) is 10.9. The summed E-state index contributed by atoms with van der Waals surface area (Å²) in [5.41, 5.74) is 0.939. The summed E-state index contributed by atoms with van der Waals surface area (Å²) in [5, 5.41) is 5.61. The predicted molar refractivity (Wildman–Crippen MR) is 130 cm³/mol. The molecule has 0 aliphatic heterocycles. The molecule has 2 aromatic rings. The van der Waals surface area contributed by atoms with E-state index in [4.69, 9.17) is 0 Å². The van der Waals surface area contributed by atoms with Gasteiger partial charge in [0, 0.05) is 25.2 Å². The summed E-state index contributed by atoms with van der Waals surface area (Å²) in [7, 11) is -2.10. The summed E-state index contributed by atoms with van der Waals surface area (Å²) in [6.45, 7) is 4.52. The molecule has 3 rings (SSSR count). The molecule has 1 fully saturated rings. The summed E-state index contributed by atoms with van der Waals surface area (Å²) < 4.78 is 27.8. The smallest absolute Gasteiger partial charge is 0.255 e.